The lowest BCUT2D eigenvalue weighted by Gasteiger charge is -2.31. The summed E-state index contributed by atoms with van der Waals surface area (Å²) in [5, 5.41) is 3.67. The molecule has 0 N–H and O–H groups in total. The van der Waals surface area contributed by atoms with Gasteiger partial charge in [-0.1, -0.05) is 41.6 Å². The number of rotatable bonds is 3. The van der Waals surface area contributed by atoms with Crippen LogP contribution in [0.4, 0.5) is 0 Å². The van der Waals surface area contributed by atoms with Gasteiger partial charge in [0.15, 0.2) is 0 Å². The third-order valence-electron chi connectivity index (χ3n) is 4.40. The van der Waals surface area contributed by atoms with E-state index >= 15 is 0 Å². The minimum absolute atomic E-state index is 0.112. The third kappa shape index (κ3) is 2.70. The summed E-state index contributed by atoms with van der Waals surface area (Å²) in [5.74, 6) is 0. The largest absolute Gasteiger partial charge is 0.298 e. The van der Waals surface area contributed by atoms with Gasteiger partial charge >= 0.3 is 0 Å². The molecule has 0 bridgehead atoms. The minimum Gasteiger partial charge on any atom is -0.298 e. The molecule has 0 aromatic carbocycles. The molecule has 1 fully saturated rings. The van der Waals surface area contributed by atoms with E-state index in [1.165, 1.54) is 49.9 Å². The lowest BCUT2D eigenvalue weighted by atomic mass is 9.82. The molecule has 2 aromatic heterocycles. The van der Waals surface area contributed by atoms with Gasteiger partial charge in [0.2, 0.25) is 0 Å². The van der Waals surface area contributed by atoms with Crippen molar-refractivity contribution >= 4 is 37.5 Å². The highest BCUT2D eigenvalue weighted by Crippen LogP contribution is 2.38. The quantitative estimate of drug-likeness (QED) is 0.611. The van der Waals surface area contributed by atoms with E-state index in [2.05, 4.69) is 20.9 Å². The number of fused-ring (bicyclic) bond motifs is 1. The van der Waals surface area contributed by atoms with Crippen molar-refractivity contribution in [2.75, 3.05) is 5.33 Å². The maximum absolute atomic E-state index is 12.5. The summed E-state index contributed by atoms with van der Waals surface area (Å²) in [7, 11) is 0. The SMILES string of the molecule is O=c1c2ccsc2ncn1CC1(CBr)CCCCCC1. The lowest BCUT2D eigenvalue weighted by Crippen LogP contribution is -2.33. The van der Waals surface area contributed by atoms with E-state index in [0.717, 1.165) is 22.1 Å². The summed E-state index contributed by atoms with van der Waals surface area (Å²) in [6.07, 6.45) is 9.33. The Bertz CT molecular complexity index is 641. The molecule has 1 aliphatic carbocycles. The van der Waals surface area contributed by atoms with Crippen LogP contribution in [0.2, 0.25) is 0 Å². The van der Waals surface area contributed by atoms with Crippen LogP contribution < -0.4 is 5.56 Å². The number of aromatic nitrogens is 2. The summed E-state index contributed by atoms with van der Waals surface area (Å²) in [4.78, 5) is 17.8. The number of thiophene rings is 1. The van der Waals surface area contributed by atoms with Crippen LogP contribution in [0.15, 0.2) is 22.6 Å². The maximum atomic E-state index is 12.5. The molecular weight excluding hydrogens is 336 g/mol. The molecule has 1 aliphatic rings. The van der Waals surface area contributed by atoms with E-state index < -0.39 is 0 Å². The van der Waals surface area contributed by atoms with E-state index in [1.807, 2.05) is 16.0 Å². The van der Waals surface area contributed by atoms with E-state index in [0.29, 0.717) is 0 Å². The van der Waals surface area contributed by atoms with E-state index in [-0.39, 0.29) is 11.0 Å². The predicted molar refractivity (Wildman–Crippen MR) is 87.8 cm³/mol. The minimum atomic E-state index is 0.112. The van der Waals surface area contributed by atoms with E-state index in [1.54, 1.807) is 6.33 Å². The van der Waals surface area contributed by atoms with Crippen molar-refractivity contribution in [3.63, 3.8) is 0 Å². The highest BCUT2D eigenvalue weighted by Gasteiger charge is 2.30. The van der Waals surface area contributed by atoms with Crippen LogP contribution in [0, 0.1) is 5.41 Å². The molecule has 0 amide bonds. The van der Waals surface area contributed by atoms with Gasteiger partial charge in [-0.15, -0.1) is 11.3 Å². The molecule has 3 rings (SSSR count). The second-order valence-corrected chi connectivity index (χ2v) is 7.32. The van der Waals surface area contributed by atoms with Crippen LogP contribution in [0.1, 0.15) is 38.5 Å². The van der Waals surface area contributed by atoms with Crippen LogP contribution in [-0.2, 0) is 6.54 Å². The second-order valence-electron chi connectivity index (χ2n) is 5.86. The maximum Gasteiger partial charge on any atom is 0.262 e. The summed E-state index contributed by atoms with van der Waals surface area (Å²) in [6.45, 7) is 0.788. The fourth-order valence-corrected chi connectivity index (χ4v) is 4.64. The van der Waals surface area contributed by atoms with Gasteiger partial charge < -0.3 is 0 Å². The molecule has 0 radical (unpaired) electrons. The Morgan fingerprint density at radius 3 is 2.75 bits per heavy atom. The second kappa shape index (κ2) is 5.98. The zero-order valence-electron chi connectivity index (χ0n) is 11.5. The molecule has 5 heteroatoms. The van der Waals surface area contributed by atoms with Crippen molar-refractivity contribution in [3.05, 3.63) is 28.1 Å². The van der Waals surface area contributed by atoms with Gasteiger partial charge in [0.1, 0.15) is 4.83 Å². The monoisotopic (exact) mass is 354 g/mol. The molecular formula is C15H19BrN2OS. The molecule has 3 nitrogen and oxygen atoms in total. The average Bonchev–Trinajstić information content (AvgIpc) is 2.83. The number of hydrogen-bond donors (Lipinski definition) is 0. The van der Waals surface area contributed by atoms with E-state index in [9.17, 15) is 4.79 Å². The number of alkyl halides is 1. The van der Waals surface area contributed by atoms with Gasteiger partial charge in [-0.2, -0.15) is 0 Å². The van der Waals surface area contributed by atoms with Gasteiger partial charge in [-0.05, 0) is 29.7 Å². The molecule has 2 heterocycles. The van der Waals surface area contributed by atoms with E-state index in [4.69, 9.17) is 0 Å². The number of halogens is 1. The summed E-state index contributed by atoms with van der Waals surface area (Å²) in [6, 6.07) is 1.89. The molecule has 1 saturated carbocycles. The Morgan fingerprint density at radius 2 is 2.05 bits per heavy atom. The van der Waals surface area contributed by atoms with Crippen molar-refractivity contribution in [2.45, 2.75) is 45.1 Å². The fraction of sp³-hybridized carbons (Fsp3) is 0.600. The predicted octanol–water partition coefficient (Wildman–Crippen LogP) is 4.19. The Hall–Kier alpha value is -0.680. The molecule has 0 atom stereocenters. The van der Waals surface area contributed by atoms with Crippen molar-refractivity contribution in [1.82, 2.24) is 9.55 Å². The Labute approximate surface area is 131 Å². The fourth-order valence-electron chi connectivity index (χ4n) is 3.18. The molecule has 0 aliphatic heterocycles. The number of nitrogens with zero attached hydrogens (tertiary/aromatic N) is 2. The Balaban J connectivity index is 1.94. The molecule has 108 valence electrons. The summed E-state index contributed by atoms with van der Waals surface area (Å²) in [5.41, 5.74) is 0.326. The lowest BCUT2D eigenvalue weighted by molar-refractivity contribution is 0.239. The van der Waals surface area contributed by atoms with Crippen molar-refractivity contribution in [3.8, 4) is 0 Å². The topological polar surface area (TPSA) is 34.9 Å². The van der Waals surface area contributed by atoms with Crippen molar-refractivity contribution in [2.24, 2.45) is 5.41 Å². The molecule has 0 saturated heterocycles. The van der Waals surface area contributed by atoms with Gasteiger partial charge in [0.25, 0.3) is 5.56 Å². The van der Waals surface area contributed by atoms with Gasteiger partial charge in [-0.25, -0.2) is 4.98 Å². The molecule has 0 unspecified atom stereocenters. The van der Waals surface area contributed by atoms with Crippen molar-refractivity contribution in [1.29, 1.82) is 0 Å². The zero-order valence-corrected chi connectivity index (χ0v) is 13.9. The first-order valence-corrected chi connectivity index (χ1v) is 9.23. The first-order chi connectivity index (χ1) is 9.74. The van der Waals surface area contributed by atoms with Crippen LogP contribution in [0.25, 0.3) is 10.2 Å². The molecule has 0 spiro atoms. The Kier molecular flexibility index (Phi) is 4.26. The van der Waals surface area contributed by atoms with Gasteiger partial charge in [0, 0.05) is 11.9 Å². The third-order valence-corrected chi connectivity index (χ3v) is 6.41. The zero-order chi connectivity index (χ0) is 14.0. The highest BCUT2D eigenvalue weighted by molar-refractivity contribution is 9.09. The van der Waals surface area contributed by atoms with Gasteiger partial charge in [-0.3, -0.25) is 9.36 Å². The van der Waals surface area contributed by atoms with Crippen LogP contribution >= 0.6 is 27.3 Å². The van der Waals surface area contributed by atoms with Crippen molar-refractivity contribution < 1.29 is 0 Å². The normalized spacial score (nSPS) is 19.1. The average molecular weight is 355 g/mol. The van der Waals surface area contributed by atoms with Crippen LogP contribution in [0.5, 0.6) is 0 Å². The Morgan fingerprint density at radius 1 is 1.30 bits per heavy atom. The summed E-state index contributed by atoms with van der Waals surface area (Å²) < 4.78 is 1.82. The highest BCUT2D eigenvalue weighted by atomic mass is 79.9. The first kappa shape index (κ1) is 14.3. The standard InChI is InChI=1S/C15H19BrN2OS/c16-9-15(6-3-1-2-4-7-15)10-18-11-17-13-12(14(18)19)5-8-20-13/h5,8,11H,1-4,6-7,9-10H2. The van der Waals surface area contributed by atoms with Crippen LogP contribution in [0.3, 0.4) is 0 Å². The summed E-state index contributed by atoms with van der Waals surface area (Å²) >= 11 is 5.22. The van der Waals surface area contributed by atoms with Crippen LogP contribution in [-0.4, -0.2) is 14.9 Å². The first-order valence-electron chi connectivity index (χ1n) is 7.23. The molecule has 2 aromatic rings. The smallest absolute Gasteiger partial charge is 0.262 e. The van der Waals surface area contributed by atoms with Gasteiger partial charge in [0.05, 0.1) is 11.7 Å². The molecule has 20 heavy (non-hydrogen) atoms. The number of hydrogen-bond acceptors (Lipinski definition) is 3.